The molecular formula is C15H31N3O. The number of likely N-dealkylation sites (tertiary alicyclic amines) is 1. The molecule has 0 spiro atoms. The highest BCUT2D eigenvalue weighted by atomic mass is 16.2. The molecule has 112 valence electrons. The topological polar surface area (TPSA) is 44.4 Å². The number of hydrogen-bond acceptors (Lipinski definition) is 3. The zero-order chi connectivity index (χ0) is 14.3. The van der Waals surface area contributed by atoms with Gasteiger partial charge in [-0.2, -0.15) is 0 Å². The summed E-state index contributed by atoms with van der Waals surface area (Å²) in [5.41, 5.74) is -0.0940. The Balaban J connectivity index is 2.18. The van der Waals surface area contributed by atoms with Crippen molar-refractivity contribution in [2.24, 2.45) is 0 Å². The van der Waals surface area contributed by atoms with E-state index in [-0.39, 0.29) is 11.4 Å². The summed E-state index contributed by atoms with van der Waals surface area (Å²) < 4.78 is 0. The maximum atomic E-state index is 11.8. The van der Waals surface area contributed by atoms with Gasteiger partial charge in [0.25, 0.3) is 0 Å². The minimum Gasteiger partial charge on any atom is -0.350 e. The number of piperidine rings is 1. The van der Waals surface area contributed by atoms with Crippen LogP contribution in [-0.2, 0) is 4.79 Å². The van der Waals surface area contributed by atoms with Crippen LogP contribution in [0.15, 0.2) is 0 Å². The molecule has 0 aliphatic carbocycles. The molecule has 1 aliphatic heterocycles. The van der Waals surface area contributed by atoms with Crippen LogP contribution in [0, 0.1) is 0 Å². The van der Waals surface area contributed by atoms with Gasteiger partial charge in [-0.1, -0.05) is 13.8 Å². The van der Waals surface area contributed by atoms with Gasteiger partial charge in [0.1, 0.15) is 0 Å². The molecule has 0 aromatic carbocycles. The van der Waals surface area contributed by atoms with Gasteiger partial charge in [0.2, 0.25) is 5.91 Å². The second-order valence-corrected chi connectivity index (χ2v) is 6.28. The first kappa shape index (κ1) is 16.4. The van der Waals surface area contributed by atoms with E-state index in [1.54, 1.807) is 0 Å². The van der Waals surface area contributed by atoms with Crippen molar-refractivity contribution < 1.29 is 4.79 Å². The van der Waals surface area contributed by atoms with E-state index in [9.17, 15) is 4.79 Å². The predicted octanol–water partition coefficient (Wildman–Crippen LogP) is 1.76. The van der Waals surface area contributed by atoms with E-state index >= 15 is 0 Å². The Kier molecular flexibility index (Phi) is 6.80. The molecule has 1 aliphatic rings. The molecule has 1 fully saturated rings. The third-order valence-corrected chi connectivity index (χ3v) is 4.04. The largest absolute Gasteiger partial charge is 0.350 e. The van der Waals surface area contributed by atoms with Crippen molar-refractivity contribution in [3.8, 4) is 0 Å². The van der Waals surface area contributed by atoms with Gasteiger partial charge in [-0.3, -0.25) is 4.79 Å². The number of carbonyl (C=O) groups excluding carboxylic acids is 1. The van der Waals surface area contributed by atoms with Crippen molar-refractivity contribution >= 4 is 5.91 Å². The van der Waals surface area contributed by atoms with Crippen LogP contribution in [0.2, 0.25) is 0 Å². The van der Waals surface area contributed by atoms with E-state index in [0.717, 1.165) is 32.4 Å². The highest BCUT2D eigenvalue weighted by Crippen LogP contribution is 2.10. The van der Waals surface area contributed by atoms with E-state index in [0.29, 0.717) is 12.6 Å². The second kappa shape index (κ2) is 7.85. The van der Waals surface area contributed by atoms with Crippen LogP contribution in [0.3, 0.4) is 0 Å². The number of nitrogens with one attached hydrogen (secondary N) is 2. The van der Waals surface area contributed by atoms with Gasteiger partial charge in [0, 0.05) is 11.6 Å². The van der Waals surface area contributed by atoms with Gasteiger partial charge in [-0.15, -0.1) is 0 Å². The lowest BCUT2D eigenvalue weighted by Crippen LogP contribution is -2.49. The molecule has 0 saturated carbocycles. The molecule has 0 aromatic rings. The van der Waals surface area contributed by atoms with Gasteiger partial charge in [-0.25, -0.2) is 0 Å². The standard InChI is InChI=1S/C15H31N3O/c1-5-9-18-10-7-13(8-11-18)16-12-14(19)17-15(3,4)6-2/h13,16H,5-12H2,1-4H3,(H,17,19). The van der Waals surface area contributed by atoms with E-state index in [2.05, 4.69) is 43.2 Å². The van der Waals surface area contributed by atoms with Crippen LogP contribution in [-0.4, -0.2) is 48.6 Å². The van der Waals surface area contributed by atoms with Crippen LogP contribution in [0.4, 0.5) is 0 Å². The van der Waals surface area contributed by atoms with Gasteiger partial charge in [-0.05, 0) is 59.2 Å². The van der Waals surface area contributed by atoms with Crippen molar-refractivity contribution in [3.63, 3.8) is 0 Å². The van der Waals surface area contributed by atoms with Crippen LogP contribution in [0.5, 0.6) is 0 Å². The Bertz CT molecular complexity index is 271. The van der Waals surface area contributed by atoms with Gasteiger partial charge >= 0.3 is 0 Å². The molecule has 2 N–H and O–H groups in total. The summed E-state index contributed by atoms with van der Waals surface area (Å²) in [5.74, 6) is 0.114. The molecular weight excluding hydrogens is 238 g/mol. The first-order valence-electron chi connectivity index (χ1n) is 7.73. The molecule has 1 heterocycles. The molecule has 1 amide bonds. The number of amides is 1. The predicted molar refractivity (Wildman–Crippen MR) is 80.3 cm³/mol. The molecule has 4 heteroatoms. The lowest BCUT2D eigenvalue weighted by atomic mass is 10.0. The van der Waals surface area contributed by atoms with Crippen LogP contribution in [0.25, 0.3) is 0 Å². The summed E-state index contributed by atoms with van der Waals surface area (Å²) in [6.07, 6.45) is 4.50. The Labute approximate surface area is 118 Å². The van der Waals surface area contributed by atoms with E-state index in [1.165, 1.54) is 13.0 Å². The van der Waals surface area contributed by atoms with Crippen molar-refractivity contribution in [3.05, 3.63) is 0 Å². The first-order chi connectivity index (χ1) is 8.96. The summed E-state index contributed by atoms with van der Waals surface area (Å²) in [4.78, 5) is 14.4. The number of carbonyl (C=O) groups is 1. The van der Waals surface area contributed by atoms with E-state index in [1.807, 2.05) is 0 Å². The zero-order valence-corrected chi connectivity index (χ0v) is 13.1. The van der Waals surface area contributed by atoms with Gasteiger partial charge in [0.15, 0.2) is 0 Å². The molecule has 0 radical (unpaired) electrons. The van der Waals surface area contributed by atoms with Crippen LogP contribution in [0.1, 0.15) is 53.4 Å². The fourth-order valence-electron chi connectivity index (χ4n) is 2.42. The van der Waals surface area contributed by atoms with Crippen molar-refractivity contribution in [2.75, 3.05) is 26.2 Å². The van der Waals surface area contributed by atoms with Crippen molar-refractivity contribution in [1.29, 1.82) is 0 Å². The van der Waals surface area contributed by atoms with Gasteiger partial charge in [0.05, 0.1) is 6.54 Å². The minimum atomic E-state index is -0.0940. The quantitative estimate of drug-likeness (QED) is 0.740. The minimum absolute atomic E-state index is 0.0940. The summed E-state index contributed by atoms with van der Waals surface area (Å²) in [6.45, 7) is 12.4. The monoisotopic (exact) mass is 269 g/mol. The third-order valence-electron chi connectivity index (χ3n) is 4.04. The number of nitrogens with zero attached hydrogens (tertiary/aromatic N) is 1. The maximum Gasteiger partial charge on any atom is 0.234 e. The van der Waals surface area contributed by atoms with Gasteiger partial charge < -0.3 is 15.5 Å². The van der Waals surface area contributed by atoms with Crippen LogP contribution >= 0.6 is 0 Å². The normalized spacial score (nSPS) is 18.5. The first-order valence-corrected chi connectivity index (χ1v) is 7.73. The number of hydrogen-bond donors (Lipinski definition) is 2. The highest BCUT2D eigenvalue weighted by Gasteiger charge is 2.21. The Morgan fingerprint density at radius 1 is 1.26 bits per heavy atom. The average Bonchev–Trinajstić information content (AvgIpc) is 2.38. The molecule has 1 rings (SSSR count). The molecule has 1 saturated heterocycles. The summed E-state index contributed by atoms with van der Waals surface area (Å²) >= 11 is 0. The van der Waals surface area contributed by atoms with E-state index < -0.39 is 0 Å². The van der Waals surface area contributed by atoms with Crippen LogP contribution < -0.4 is 10.6 Å². The Hall–Kier alpha value is -0.610. The molecule has 19 heavy (non-hydrogen) atoms. The third kappa shape index (κ3) is 6.39. The fraction of sp³-hybridized carbons (Fsp3) is 0.933. The SMILES string of the molecule is CCCN1CCC(NCC(=O)NC(C)(C)CC)CC1. The maximum absolute atomic E-state index is 11.8. The Morgan fingerprint density at radius 2 is 1.89 bits per heavy atom. The van der Waals surface area contributed by atoms with Crippen molar-refractivity contribution in [2.45, 2.75) is 65.0 Å². The zero-order valence-electron chi connectivity index (χ0n) is 13.1. The molecule has 0 bridgehead atoms. The lowest BCUT2D eigenvalue weighted by Gasteiger charge is -2.32. The summed E-state index contributed by atoms with van der Waals surface area (Å²) in [6, 6.07) is 0.503. The highest BCUT2D eigenvalue weighted by molar-refractivity contribution is 5.78. The van der Waals surface area contributed by atoms with E-state index in [4.69, 9.17) is 0 Å². The second-order valence-electron chi connectivity index (χ2n) is 6.28. The fourth-order valence-corrected chi connectivity index (χ4v) is 2.42. The molecule has 0 unspecified atom stereocenters. The summed E-state index contributed by atoms with van der Waals surface area (Å²) in [5, 5.41) is 6.45. The molecule has 0 aromatic heterocycles. The summed E-state index contributed by atoms with van der Waals surface area (Å²) in [7, 11) is 0. The lowest BCUT2D eigenvalue weighted by molar-refractivity contribution is -0.122. The Morgan fingerprint density at radius 3 is 2.42 bits per heavy atom. The van der Waals surface area contributed by atoms with Crippen molar-refractivity contribution in [1.82, 2.24) is 15.5 Å². The average molecular weight is 269 g/mol. The molecule has 4 nitrogen and oxygen atoms in total. The number of rotatable bonds is 7. The smallest absolute Gasteiger partial charge is 0.234 e. The molecule has 0 atom stereocenters.